The fraction of sp³-hybridized carbons (Fsp3) is 0.438. The lowest BCUT2D eigenvalue weighted by molar-refractivity contribution is 0.0875. The van der Waals surface area contributed by atoms with Crippen LogP contribution in [-0.4, -0.2) is 37.7 Å². The van der Waals surface area contributed by atoms with Gasteiger partial charge in [0.05, 0.1) is 30.8 Å². The zero-order valence-electron chi connectivity index (χ0n) is 13.3. The van der Waals surface area contributed by atoms with Crippen LogP contribution in [-0.2, 0) is 19.6 Å². The van der Waals surface area contributed by atoms with Crippen LogP contribution in [0.15, 0.2) is 12.1 Å². The van der Waals surface area contributed by atoms with E-state index in [-0.39, 0.29) is 29.6 Å². The summed E-state index contributed by atoms with van der Waals surface area (Å²) in [7, 11) is 1.34. The molecule has 9 heteroatoms. The summed E-state index contributed by atoms with van der Waals surface area (Å²) in [5, 5.41) is 9.04. The highest BCUT2D eigenvalue weighted by molar-refractivity contribution is 7.79. The van der Waals surface area contributed by atoms with Crippen LogP contribution in [0.1, 0.15) is 18.4 Å². The Kier molecular flexibility index (Phi) is 4.47. The standard InChI is InChI=1S/C16H14F2N2O4S/c1-22-15(25)23-7-10-6-20(14(21)24-10)9-4-11(17)13(12(18)5-9)16(8-19)2-3-16/h4-5,10H,2-3,6-7H2,1H3/t10-/m1/s1. The second-order valence-corrected chi connectivity index (χ2v) is 6.19. The first-order valence-corrected chi connectivity index (χ1v) is 7.90. The van der Waals surface area contributed by atoms with Gasteiger partial charge in [-0.2, -0.15) is 5.26 Å². The van der Waals surface area contributed by atoms with Gasteiger partial charge < -0.3 is 14.2 Å². The normalized spacial score (nSPS) is 20.6. The molecule has 0 aromatic heterocycles. The Labute approximate surface area is 147 Å². The van der Waals surface area contributed by atoms with Gasteiger partial charge in [-0.1, -0.05) is 0 Å². The molecule has 1 amide bonds. The van der Waals surface area contributed by atoms with Crippen LogP contribution < -0.4 is 4.90 Å². The summed E-state index contributed by atoms with van der Waals surface area (Å²) < 4.78 is 43.6. The van der Waals surface area contributed by atoms with Gasteiger partial charge in [-0.25, -0.2) is 13.6 Å². The highest BCUT2D eigenvalue weighted by Crippen LogP contribution is 2.50. The number of halogens is 2. The molecule has 132 valence electrons. The van der Waals surface area contributed by atoms with Gasteiger partial charge in [-0.05, 0) is 25.0 Å². The number of cyclic esters (lactones) is 1. The van der Waals surface area contributed by atoms with E-state index in [2.05, 4.69) is 4.74 Å². The van der Waals surface area contributed by atoms with E-state index in [4.69, 9.17) is 27.0 Å². The van der Waals surface area contributed by atoms with E-state index in [0.29, 0.717) is 12.8 Å². The fourth-order valence-electron chi connectivity index (χ4n) is 2.75. The van der Waals surface area contributed by atoms with E-state index in [1.165, 1.54) is 7.11 Å². The molecule has 0 spiro atoms. The molecule has 1 heterocycles. The van der Waals surface area contributed by atoms with Crippen molar-refractivity contribution >= 4 is 29.2 Å². The smallest absolute Gasteiger partial charge is 0.414 e. The summed E-state index contributed by atoms with van der Waals surface area (Å²) in [5.74, 6) is -1.69. The van der Waals surface area contributed by atoms with Crippen LogP contribution >= 0.6 is 12.2 Å². The molecular weight excluding hydrogens is 354 g/mol. The zero-order valence-corrected chi connectivity index (χ0v) is 14.1. The highest BCUT2D eigenvalue weighted by atomic mass is 32.1. The van der Waals surface area contributed by atoms with Crippen molar-refractivity contribution in [3.8, 4) is 6.07 Å². The Bertz CT molecular complexity index is 753. The molecule has 3 rings (SSSR count). The van der Waals surface area contributed by atoms with Gasteiger partial charge >= 0.3 is 11.3 Å². The molecule has 1 aliphatic carbocycles. The Morgan fingerprint density at radius 2 is 2.12 bits per heavy atom. The number of rotatable bonds is 4. The number of amides is 1. The Hall–Kier alpha value is -2.47. The molecule has 2 fully saturated rings. The summed E-state index contributed by atoms with van der Waals surface area (Å²) in [5.41, 5.74) is -1.31. The van der Waals surface area contributed by atoms with Gasteiger partial charge in [0.1, 0.15) is 18.2 Å². The lowest BCUT2D eigenvalue weighted by Gasteiger charge is -2.16. The van der Waals surface area contributed by atoms with Crippen LogP contribution in [0.4, 0.5) is 19.3 Å². The topological polar surface area (TPSA) is 71.8 Å². The molecule has 1 aromatic rings. The monoisotopic (exact) mass is 368 g/mol. The highest BCUT2D eigenvalue weighted by Gasteiger charge is 2.49. The van der Waals surface area contributed by atoms with Gasteiger partial charge in [0.25, 0.3) is 0 Å². The van der Waals surface area contributed by atoms with E-state index in [9.17, 15) is 13.6 Å². The largest absolute Gasteiger partial charge is 0.460 e. The molecular formula is C16H14F2N2O4S. The van der Waals surface area contributed by atoms with E-state index in [1.54, 1.807) is 0 Å². The number of thiocarbonyl (C=S) groups is 1. The van der Waals surface area contributed by atoms with Gasteiger partial charge in [0.15, 0.2) is 6.10 Å². The summed E-state index contributed by atoms with van der Waals surface area (Å²) in [4.78, 5) is 13.1. The van der Waals surface area contributed by atoms with E-state index < -0.39 is 29.2 Å². The van der Waals surface area contributed by atoms with Crippen molar-refractivity contribution < 1.29 is 27.8 Å². The molecule has 0 bridgehead atoms. The van der Waals surface area contributed by atoms with Crippen LogP contribution in [0.25, 0.3) is 0 Å². The number of hydrogen-bond donors (Lipinski definition) is 0. The molecule has 6 nitrogen and oxygen atoms in total. The van der Waals surface area contributed by atoms with Gasteiger partial charge in [-0.15, -0.1) is 0 Å². The van der Waals surface area contributed by atoms with E-state index in [0.717, 1.165) is 17.0 Å². The second-order valence-electron chi connectivity index (χ2n) is 5.86. The van der Waals surface area contributed by atoms with Gasteiger partial charge in [0.2, 0.25) is 0 Å². The molecule has 25 heavy (non-hydrogen) atoms. The minimum atomic E-state index is -1.09. The average Bonchev–Trinajstić information content (AvgIpc) is 3.27. The first kappa shape index (κ1) is 17.4. The lowest BCUT2D eigenvalue weighted by atomic mass is 9.96. The van der Waals surface area contributed by atoms with Crippen LogP contribution in [0.3, 0.4) is 0 Å². The molecule has 2 aliphatic rings. The first-order chi connectivity index (χ1) is 11.9. The molecule has 1 saturated carbocycles. The molecule has 0 radical (unpaired) electrons. The first-order valence-electron chi connectivity index (χ1n) is 7.50. The molecule has 1 saturated heterocycles. The maximum atomic E-state index is 14.4. The minimum Gasteiger partial charge on any atom is -0.460 e. The molecule has 1 aliphatic heterocycles. The third-order valence-corrected chi connectivity index (χ3v) is 4.49. The number of ether oxygens (including phenoxy) is 3. The van der Waals surface area contributed by atoms with Crippen molar-refractivity contribution in [2.24, 2.45) is 0 Å². The van der Waals surface area contributed by atoms with Crippen LogP contribution in [0, 0.1) is 23.0 Å². The number of methoxy groups -OCH3 is 1. The molecule has 0 N–H and O–H groups in total. The Morgan fingerprint density at radius 3 is 2.64 bits per heavy atom. The van der Waals surface area contributed by atoms with Crippen molar-refractivity contribution in [3.63, 3.8) is 0 Å². The third-order valence-electron chi connectivity index (χ3n) is 4.21. The lowest BCUT2D eigenvalue weighted by Crippen LogP contribution is -2.27. The zero-order chi connectivity index (χ0) is 18.2. The summed E-state index contributed by atoms with van der Waals surface area (Å²) in [6.45, 7) is 0.0162. The van der Waals surface area contributed by atoms with Gasteiger partial charge in [0, 0.05) is 17.8 Å². The number of benzene rings is 1. The van der Waals surface area contributed by atoms with Crippen molar-refractivity contribution in [3.05, 3.63) is 29.3 Å². The third kappa shape index (κ3) is 3.22. The summed E-state index contributed by atoms with van der Waals surface area (Å²) in [6, 6.07) is 4.05. The van der Waals surface area contributed by atoms with Crippen LogP contribution in [0.5, 0.6) is 0 Å². The van der Waals surface area contributed by atoms with Crippen molar-refractivity contribution in [2.45, 2.75) is 24.4 Å². The average molecular weight is 368 g/mol. The fourth-order valence-corrected chi connectivity index (χ4v) is 2.82. The van der Waals surface area contributed by atoms with Crippen LogP contribution in [0.2, 0.25) is 0 Å². The minimum absolute atomic E-state index is 0.0225. The number of anilines is 1. The number of carbonyl (C=O) groups is 1. The quantitative estimate of drug-likeness (QED) is 0.761. The van der Waals surface area contributed by atoms with Crippen molar-refractivity contribution in [2.75, 3.05) is 25.2 Å². The second kappa shape index (κ2) is 6.44. The number of hydrogen-bond acceptors (Lipinski definition) is 6. The Morgan fingerprint density at radius 1 is 1.48 bits per heavy atom. The molecule has 1 atom stereocenters. The molecule has 0 unspecified atom stereocenters. The number of nitriles is 1. The predicted octanol–water partition coefficient (Wildman–Crippen LogP) is 2.79. The Balaban J connectivity index is 1.77. The summed E-state index contributed by atoms with van der Waals surface area (Å²) >= 11 is 4.72. The molecule has 1 aromatic carbocycles. The summed E-state index contributed by atoms with van der Waals surface area (Å²) in [6.07, 6.45) is -0.562. The van der Waals surface area contributed by atoms with E-state index in [1.807, 2.05) is 6.07 Å². The SMILES string of the molecule is COC(=S)OC[C@H]1CN(c2cc(F)c(C3(C#N)CC3)c(F)c2)C(=O)O1. The maximum absolute atomic E-state index is 14.4. The van der Waals surface area contributed by atoms with Crippen molar-refractivity contribution in [1.82, 2.24) is 0 Å². The number of carbonyl (C=O) groups excluding carboxylic acids is 1. The number of nitrogens with zero attached hydrogens (tertiary/aromatic N) is 2. The van der Waals surface area contributed by atoms with Gasteiger partial charge in [-0.3, -0.25) is 4.90 Å². The van der Waals surface area contributed by atoms with Crippen molar-refractivity contribution in [1.29, 1.82) is 5.26 Å². The predicted molar refractivity (Wildman–Crippen MR) is 86.1 cm³/mol. The van der Waals surface area contributed by atoms with E-state index >= 15 is 0 Å². The maximum Gasteiger partial charge on any atom is 0.414 e.